The second-order valence-corrected chi connectivity index (χ2v) is 8.46. The van der Waals surface area contributed by atoms with E-state index in [1.165, 1.54) is 5.70 Å². The predicted molar refractivity (Wildman–Crippen MR) is 135 cm³/mol. The average molecular weight is 457 g/mol. The van der Waals surface area contributed by atoms with Crippen LogP contribution in [-0.4, -0.2) is 58.2 Å². The minimum absolute atomic E-state index is 0.117. The number of benzene rings is 1. The molecule has 2 aliphatic rings. The Morgan fingerprint density at radius 2 is 2.03 bits per heavy atom. The molecule has 0 unspecified atom stereocenters. The monoisotopic (exact) mass is 456 g/mol. The van der Waals surface area contributed by atoms with E-state index in [2.05, 4.69) is 49.5 Å². The summed E-state index contributed by atoms with van der Waals surface area (Å²) in [5.74, 6) is 0.463. The van der Waals surface area contributed by atoms with Gasteiger partial charge in [0, 0.05) is 62.6 Å². The first-order valence-electron chi connectivity index (χ1n) is 11.4. The molecule has 0 spiro atoms. The van der Waals surface area contributed by atoms with Gasteiger partial charge in [-0.25, -0.2) is 15.0 Å². The molecule has 2 aliphatic heterocycles. The number of hydrogen-bond acceptors (Lipinski definition) is 7. The van der Waals surface area contributed by atoms with Crippen molar-refractivity contribution in [1.29, 1.82) is 0 Å². The molecular weight excluding hydrogens is 428 g/mol. The van der Waals surface area contributed by atoms with E-state index < -0.39 is 0 Å². The summed E-state index contributed by atoms with van der Waals surface area (Å²) in [4.78, 5) is 28.2. The fourth-order valence-electron chi connectivity index (χ4n) is 4.56. The van der Waals surface area contributed by atoms with Gasteiger partial charge in [0.05, 0.1) is 16.9 Å². The van der Waals surface area contributed by atoms with Crippen LogP contribution in [0.15, 0.2) is 59.4 Å². The molecule has 0 atom stereocenters. The summed E-state index contributed by atoms with van der Waals surface area (Å²) in [5, 5.41) is 10.6. The fourth-order valence-corrected chi connectivity index (χ4v) is 4.56. The summed E-state index contributed by atoms with van der Waals surface area (Å²) in [6, 6.07) is 5.91. The third-order valence-electron chi connectivity index (χ3n) is 6.41. The molecule has 1 saturated heterocycles. The Morgan fingerprint density at radius 1 is 1.21 bits per heavy atom. The van der Waals surface area contributed by atoms with Gasteiger partial charge in [-0.3, -0.25) is 4.79 Å². The lowest BCUT2D eigenvalue weighted by Gasteiger charge is -2.29. The number of hydrogen-bond donors (Lipinski definition) is 3. The number of aromatic nitrogens is 3. The third-order valence-corrected chi connectivity index (χ3v) is 6.41. The van der Waals surface area contributed by atoms with Crippen molar-refractivity contribution in [2.75, 3.05) is 31.5 Å². The molecule has 1 fully saturated rings. The number of anilines is 1. The quantitative estimate of drug-likeness (QED) is 0.390. The van der Waals surface area contributed by atoms with Gasteiger partial charge in [0.15, 0.2) is 0 Å². The predicted octanol–water partition coefficient (Wildman–Crippen LogP) is 2.64. The maximum absolute atomic E-state index is 12.8. The summed E-state index contributed by atoms with van der Waals surface area (Å²) in [5.41, 5.74) is 5.97. The molecule has 0 aliphatic carbocycles. The highest BCUT2D eigenvalue weighted by Gasteiger charge is 2.27. The van der Waals surface area contributed by atoms with Crippen LogP contribution in [0.2, 0.25) is 0 Å². The number of piperazine rings is 1. The van der Waals surface area contributed by atoms with E-state index in [-0.39, 0.29) is 5.91 Å². The highest BCUT2D eigenvalue weighted by atomic mass is 16.1. The van der Waals surface area contributed by atoms with Crippen LogP contribution in [0.4, 0.5) is 5.69 Å². The van der Waals surface area contributed by atoms with Crippen LogP contribution in [-0.2, 0) is 13.6 Å². The Kier molecular flexibility index (Phi) is 5.85. The molecule has 3 aromatic rings. The molecule has 34 heavy (non-hydrogen) atoms. The second-order valence-electron chi connectivity index (χ2n) is 8.46. The molecule has 1 amide bonds. The molecule has 9 nitrogen and oxygen atoms in total. The van der Waals surface area contributed by atoms with Gasteiger partial charge < -0.3 is 25.4 Å². The zero-order valence-electron chi connectivity index (χ0n) is 19.4. The lowest BCUT2D eigenvalue weighted by Crippen LogP contribution is -2.42. The minimum atomic E-state index is -0.117. The number of aryl methyl sites for hydroxylation is 1. The molecule has 0 saturated carbocycles. The van der Waals surface area contributed by atoms with Gasteiger partial charge in [-0.15, -0.1) is 0 Å². The zero-order chi connectivity index (χ0) is 23.7. The Balaban J connectivity index is 1.49. The van der Waals surface area contributed by atoms with Crippen molar-refractivity contribution < 1.29 is 4.79 Å². The van der Waals surface area contributed by atoms with E-state index in [4.69, 9.17) is 0 Å². The summed E-state index contributed by atoms with van der Waals surface area (Å²) in [6.07, 6.45) is 7.46. The maximum atomic E-state index is 12.8. The van der Waals surface area contributed by atoms with Gasteiger partial charge in [-0.1, -0.05) is 6.07 Å². The molecule has 174 valence electrons. The number of aliphatic imine (C=N–C) groups is 1. The van der Waals surface area contributed by atoms with Crippen molar-refractivity contribution in [1.82, 2.24) is 30.1 Å². The van der Waals surface area contributed by atoms with Crippen LogP contribution in [0, 0.1) is 0 Å². The number of allylic oxidation sites excluding steroid dienone is 3. The van der Waals surface area contributed by atoms with Crippen molar-refractivity contribution >= 4 is 29.3 Å². The van der Waals surface area contributed by atoms with E-state index in [1.807, 2.05) is 48.2 Å². The van der Waals surface area contributed by atoms with Crippen LogP contribution in [0.25, 0.3) is 22.3 Å². The first kappa shape index (κ1) is 21.8. The Hall–Kier alpha value is -3.98. The zero-order valence-corrected chi connectivity index (χ0v) is 19.4. The SMILES string of the molecule is C=N/C(=C\C=C(/C)N1CCNCC1)Nc1ccc(-c2ncnc3c2ccn3C)c2c1C(=O)NC2. The highest BCUT2D eigenvalue weighted by Crippen LogP contribution is 2.36. The fraction of sp³-hybridized carbons (Fsp3) is 0.280. The number of carbonyl (C=O) groups is 1. The lowest BCUT2D eigenvalue weighted by atomic mass is 9.97. The van der Waals surface area contributed by atoms with Crippen molar-refractivity contribution in [2.45, 2.75) is 13.5 Å². The molecule has 4 heterocycles. The summed E-state index contributed by atoms with van der Waals surface area (Å²) >= 11 is 0. The summed E-state index contributed by atoms with van der Waals surface area (Å²) in [7, 11) is 1.95. The molecule has 0 bridgehead atoms. The molecule has 3 N–H and O–H groups in total. The van der Waals surface area contributed by atoms with Gasteiger partial charge in [0.1, 0.15) is 17.8 Å². The Labute approximate surface area is 198 Å². The number of carbonyl (C=O) groups excluding carboxylic acids is 1. The average Bonchev–Trinajstić information content (AvgIpc) is 3.45. The molecular formula is C25H28N8O. The highest BCUT2D eigenvalue weighted by molar-refractivity contribution is 6.07. The van der Waals surface area contributed by atoms with Crippen LogP contribution in [0.1, 0.15) is 22.8 Å². The van der Waals surface area contributed by atoms with E-state index >= 15 is 0 Å². The molecule has 1 aromatic carbocycles. The Morgan fingerprint density at radius 3 is 2.82 bits per heavy atom. The second kappa shape index (κ2) is 9.11. The van der Waals surface area contributed by atoms with Crippen molar-refractivity contribution in [3.63, 3.8) is 0 Å². The number of nitrogens with one attached hydrogen (secondary N) is 3. The van der Waals surface area contributed by atoms with Crippen LogP contribution in [0.3, 0.4) is 0 Å². The number of amides is 1. The largest absolute Gasteiger partial charge is 0.372 e. The van der Waals surface area contributed by atoms with Gasteiger partial charge >= 0.3 is 0 Å². The molecule has 5 rings (SSSR count). The van der Waals surface area contributed by atoms with Gasteiger partial charge in [-0.05, 0) is 43.5 Å². The van der Waals surface area contributed by atoms with Gasteiger partial charge in [-0.2, -0.15) is 0 Å². The van der Waals surface area contributed by atoms with E-state index in [0.29, 0.717) is 23.6 Å². The van der Waals surface area contributed by atoms with Crippen molar-refractivity contribution in [3.8, 4) is 11.3 Å². The summed E-state index contributed by atoms with van der Waals surface area (Å²) < 4.78 is 1.96. The molecule has 9 heteroatoms. The molecule has 0 radical (unpaired) electrons. The normalized spacial score (nSPS) is 16.5. The van der Waals surface area contributed by atoms with Crippen molar-refractivity contribution in [2.24, 2.45) is 12.0 Å². The lowest BCUT2D eigenvalue weighted by molar-refractivity contribution is 0.0966. The standard InChI is InChI=1S/C25H28N8O/c1-16(33-12-9-27-10-13-33)4-7-21(26-2)31-20-6-5-17(19-14-28-25(34)22(19)20)23-18-8-11-32(3)24(18)30-15-29-23/h4-8,11,15,27,31H,2,9-10,12-14H2,1,3H3,(H,28,34)/b16-4+,21-7+. The maximum Gasteiger partial charge on any atom is 0.254 e. The number of nitrogens with zero attached hydrogens (tertiary/aromatic N) is 5. The number of rotatable bonds is 6. The first-order chi connectivity index (χ1) is 16.6. The van der Waals surface area contributed by atoms with E-state index in [9.17, 15) is 4.79 Å². The molecule has 2 aromatic heterocycles. The first-order valence-corrected chi connectivity index (χ1v) is 11.4. The van der Waals surface area contributed by atoms with Gasteiger partial charge in [0.2, 0.25) is 0 Å². The smallest absolute Gasteiger partial charge is 0.254 e. The third kappa shape index (κ3) is 3.94. The topological polar surface area (TPSA) is 99.5 Å². The van der Waals surface area contributed by atoms with Crippen LogP contribution >= 0.6 is 0 Å². The Bertz CT molecular complexity index is 1330. The van der Waals surface area contributed by atoms with E-state index in [1.54, 1.807) is 6.33 Å². The summed E-state index contributed by atoms with van der Waals surface area (Å²) in [6.45, 7) is 10.2. The van der Waals surface area contributed by atoms with Crippen LogP contribution in [0.5, 0.6) is 0 Å². The van der Waals surface area contributed by atoms with Gasteiger partial charge in [0.25, 0.3) is 5.91 Å². The minimum Gasteiger partial charge on any atom is -0.372 e. The number of fused-ring (bicyclic) bond motifs is 2. The van der Waals surface area contributed by atoms with Crippen LogP contribution < -0.4 is 16.0 Å². The van der Waals surface area contributed by atoms with E-state index in [0.717, 1.165) is 54.0 Å². The van der Waals surface area contributed by atoms with Crippen molar-refractivity contribution in [3.05, 3.63) is 65.5 Å².